The topological polar surface area (TPSA) is 52.9 Å². The monoisotopic (exact) mass is 474 g/mol. The molecule has 0 aliphatic carbocycles. The second kappa shape index (κ2) is 9.32. The van der Waals surface area contributed by atoms with E-state index in [0.29, 0.717) is 31.8 Å². The number of nitrogens with zero attached hydrogens (tertiary/aromatic N) is 1. The summed E-state index contributed by atoms with van der Waals surface area (Å²) in [6.45, 7) is 3.83. The molecule has 0 spiro atoms. The molecule has 152 valence electrons. The molecule has 30 heavy (non-hydrogen) atoms. The summed E-state index contributed by atoms with van der Waals surface area (Å²) in [6.07, 6.45) is 0. The lowest BCUT2D eigenvalue weighted by Gasteiger charge is -2.17. The van der Waals surface area contributed by atoms with E-state index in [2.05, 4.69) is 24.0 Å². The summed E-state index contributed by atoms with van der Waals surface area (Å²) in [5.41, 5.74) is 4.26. The van der Waals surface area contributed by atoms with E-state index < -0.39 is 5.92 Å². The number of carbonyl (C=O) groups is 1. The lowest BCUT2D eigenvalue weighted by molar-refractivity contribution is 0.102. The van der Waals surface area contributed by atoms with Gasteiger partial charge in [0.25, 0.3) is 5.91 Å². The molecular formula is C23H17Cl3N2OS. The number of carbonyl (C=O) groups excluding carboxylic acids is 1. The number of hydrogen-bond acceptors (Lipinski definition) is 3. The van der Waals surface area contributed by atoms with Gasteiger partial charge in [-0.15, -0.1) is 12.6 Å². The van der Waals surface area contributed by atoms with Crippen LogP contribution in [0.4, 0.5) is 5.69 Å². The number of nitrogens with one attached hydrogen (secondary N) is 1. The first-order valence-corrected chi connectivity index (χ1v) is 10.6. The van der Waals surface area contributed by atoms with Crippen LogP contribution in [0.1, 0.15) is 38.5 Å². The molecule has 3 nitrogen and oxygen atoms in total. The van der Waals surface area contributed by atoms with Crippen molar-refractivity contribution in [3.05, 3.63) is 91.4 Å². The lowest BCUT2D eigenvalue weighted by Crippen LogP contribution is -2.14. The number of amides is 1. The van der Waals surface area contributed by atoms with Gasteiger partial charge in [0.15, 0.2) is 0 Å². The average Bonchev–Trinajstić information content (AvgIpc) is 2.71. The number of aryl methyl sites for hydroxylation is 2. The normalized spacial score (nSPS) is 11.6. The number of anilines is 1. The maximum absolute atomic E-state index is 12.7. The molecule has 0 bridgehead atoms. The van der Waals surface area contributed by atoms with Gasteiger partial charge in [-0.2, -0.15) is 5.26 Å². The van der Waals surface area contributed by atoms with Crippen LogP contribution >= 0.6 is 47.4 Å². The van der Waals surface area contributed by atoms with Crippen molar-refractivity contribution in [1.29, 1.82) is 5.26 Å². The summed E-state index contributed by atoms with van der Waals surface area (Å²) in [5, 5.41) is 13.5. The Morgan fingerprint density at radius 3 is 2.33 bits per heavy atom. The fourth-order valence-corrected chi connectivity index (χ4v) is 4.01. The molecule has 0 aliphatic heterocycles. The van der Waals surface area contributed by atoms with Gasteiger partial charge < -0.3 is 5.32 Å². The predicted octanol–water partition coefficient (Wildman–Crippen LogP) is 7.46. The van der Waals surface area contributed by atoms with Crippen LogP contribution in [0.5, 0.6) is 0 Å². The molecule has 0 saturated heterocycles. The predicted molar refractivity (Wildman–Crippen MR) is 126 cm³/mol. The van der Waals surface area contributed by atoms with Crippen LogP contribution < -0.4 is 5.32 Å². The van der Waals surface area contributed by atoms with Crippen LogP contribution in [0, 0.1) is 25.2 Å². The summed E-state index contributed by atoms with van der Waals surface area (Å²) in [4.78, 5) is 13.0. The molecule has 1 N–H and O–H groups in total. The second-order valence-electron chi connectivity index (χ2n) is 6.87. The van der Waals surface area contributed by atoms with Gasteiger partial charge in [-0.3, -0.25) is 4.79 Å². The molecule has 1 atom stereocenters. The SMILES string of the molecule is Cc1ccc(C(C#N)c2cc(C)c(NC(=O)c3ccc(Cl)c(Cl)c3S)cc2Cl)cc1. The molecular weight excluding hydrogens is 459 g/mol. The average molecular weight is 476 g/mol. The molecule has 7 heteroatoms. The molecule has 0 fully saturated rings. The highest BCUT2D eigenvalue weighted by Crippen LogP contribution is 2.35. The third-order valence-corrected chi connectivity index (χ3v) is 6.48. The van der Waals surface area contributed by atoms with Crippen molar-refractivity contribution in [3.8, 4) is 6.07 Å². The smallest absolute Gasteiger partial charge is 0.256 e. The molecule has 1 unspecified atom stereocenters. The Bertz CT molecular complexity index is 1170. The van der Waals surface area contributed by atoms with Crippen molar-refractivity contribution in [2.24, 2.45) is 0 Å². The van der Waals surface area contributed by atoms with E-state index in [0.717, 1.165) is 16.7 Å². The van der Waals surface area contributed by atoms with Gasteiger partial charge in [0.2, 0.25) is 0 Å². The van der Waals surface area contributed by atoms with Crippen LogP contribution in [0.25, 0.3) is 0 Å². The quantitative estimate of drug-likeness (QED) is 0.385. The van der Waals surface area contributed by atoms with Crippen LogP contribution in [0.2, 0.25) is 15.1 Å². The van der Waals surface area contributed by atoms with E-state index in [1.165, 1.54) is 0 Å². The molecule has 1 amide bonds. The fraction of sp³-hybridized carbons (Fsp3) is 0.130. The van der Waals surface area contributed by atoms with Crippen LogP contribution in [-0.2, 0) is 0 Å². The zero-order chi connectivity index (χ0) is 22.0. The maximum Gasteiger partial charge on any atom is 0.256 e. The van der Waals surface area contributed by atoms with Crippen molar-refractivity contribution in [1.82, 2.24) is 0 Å². The summed E-state index contributed by atoms with van der Waals surface area (Å²) in [5.74, 6) is -0.901. The fourth-order valence-electron chi connectivity index (χ4n) is 3.06. The summed E-state index contributed by atoms with van der Waals surface area (Å²) >= 11 is 22.8. The van der Waals surface area contributed by atoms with E-state index in [1.54, 1.807) is 18.2 Å². The first-order valence-electron chi connectivity index (χ1n) is 8.97. The van der Waals surface area contributed by atoms with Crippen molar-refractivity contribution < 1.29 is 4.79 Å². The number of halogens is 3. The molecule has 3 rings (SSSR count). The first-order chi connectivity index (χ1) is 14.2. The highest BCUT2D eigenvalue weighted by atomic mass is 35.5. The van der Waals surface area contributed by atoms with Gasteiger partial charge in [0.05, 0.1) is 27.6 Å². The van der Waals surface area contributed by atoms with Crippen LogP contribution in [0.3, 0.4) is 0 Å². The summed E-state index contributed by atoms with van der Waals surface area (Å²) in [6, 6.07) is 16.6. The Labute approximate surface area is 196 Å². The number of nitriles is 1. The summed E-state index contributed by atoms with van der Waals surface area (Å²) in [7, 11) is 0. The number of benzene rings is 3. The van der Waals surface area contributed by atoms with E-state index in [-0.39, 0.29) is 10.9 Å². The Morgan fingerprint density at radius 1 is 1.03 bits per heavy atom. The van der Waals surface area contributed by atoms with E-state index >= 15 is 0 Å². The van der Waals surface area contributed by atoms with Gasteiger partial charge in [-0.1, -0.05) is 70.7 Å². The highest BCUT2D eigenvalue weighted by Gasteiger charge is 2.20. The highest BCUT2D eigenvalue weighted by molar-refractivity contribution is 7.80. The lowest BCUT2D eigenvalue weighted by atomic mass is 9.90. The molecule has 0 aliphatic rings. The molecule has 0 aromatic heterocycles. The van der Waals surface area contributed by atoms with Crippen molar-refractivity contribution in [3.63, 3.8) is 0 Å². The van der Waals surface area contributed by atoms with Gasteiger partial charge in [-0.25, -0.2) is 0 Å². The van der Waals surface area contributed by atoms with Gasteiger partial charge >= 0.3 is 0 Å². The van der Waals surface area contributed by atoms with Gasteiger partial charge in [0, 0.05) is 15.6 Å². The Kier molecular flexibility index (Phi) is 7.00. The molecule has 3 aromatic carbocycles. The minimum absolute atomic E-state index is 0.215. The summed E-state index contributed by atoms with van der Waals surface area (Å²) < 4.78 is 0. The van der Waals surface area contributed by atoms with Crippen LogP contribution in [-0.4, -0.2) is 5.91 Å². The Balaban J connectivity index is 1.93. The van der Waals surface area contributed by atoms with E-state index in [9.17, 15) is 10.1 Å². The maximum atomic E-state index is 12.7. The Hall–Kier alpha value is -2.16. The zero-order valence-electron chi connectivity index (χ0n) is 16.1. The van der Waals surface area contributed by atoms with Crippen molar-refractivity contribution in [2.45, 2.75) is 24.7 Å². The first kappa shape index (κ1) is 22.5. The second-order valence-corrected chi connectivity index (χ2v) is 8.51. The minimum Gasteiger partial charge on any atom is -0.322 e. The van der Waals surface area contributed by atoms with Crippen molar-refractivity contribution >= 4 is 59.0 Å². The standard InChI is InChI=1S/C23H17Cl3N2OS/c1-12-3-5-14(6-4-12)17(11-27)16-9-13(2)20(10-19(16)25)28-23(29)15-7-8-18(24)21(26)22(15)30/h3-10,17,30H,1-2H3,(H,28,29). The Morgan fingerprint density at radius 2 is 1.70 bits per heavy atom. The third kappa shape index (κ3) is 4.61. The van der Waals surface area contributed by atoms with Crippen LogP contribution in [0.15, 0.2) is 53.4 Å². The number of hydrogen-bond donors (Lipinski definition) is 2. The largest absolute Gasteiger partial charge is 0.322 e. The zero-order valence-corrected chi connectivity index (χ0v) is 19.3. The van der Waals surface area contributed by atoms with E-state index in [1.807, 2.05) is 44.2 Å². The number of thiol groups is 1. The molecule has 0 heterocycles. The minimum atomic E-state index is -0.513. The molecule has 0 radical (unpaired) electrons. The van der Waals surface area contributed by atoms with E-state index in [4.69, 9.17) is 34.8 Å². The van der Waals surface area contributed by atoms with Crippen molar-refractivity contribution in [2.75, 3.05) is 5.32 Å². The van der Waals surface area contributed by atoms with Gasteiger partial charge in [0.1, 0.15) is 0 Å². The van der Waals surface area contributed by atoms with Gasteiger partial charge in [-0.05, 0) is 48.7 Å². The third-order valence-electron chi connectivity index (χ3n) is 4.76. The molecule has 0 saturated carbocycles. The number of rotatable bonds is 4. The molecule has 3 aromatic rings.